The first-order valence-corrected chi connectivity index (χ1v) is 11.6. The van der Waals surface area contributed by atoms with Crippen molar-refractivity contribution in [3.8, 4) is 5.75 Å². The van der Waals surface area contributed by atoms with Crippen LogP contribution >= 0.6 is 11.6 Å². The van der Waals surface area contributed by atoms with Gasteiger partial charge in [0.2, 0.25) is 10.0 Å². The Labute approximate surface area is 181 Å². The molecule has 6 nitrogen and oxygen atoms in total. The summed E-state index contributed by atoms with van der Waals surface area (Å²) >= 11 is 6.55. The predicted molar refractivity (Wildman–Crippen MR) is 120 cm³/mol. The van der Waals surface area contributed by atoms with E-state index >= 15 is 0 Å². The van der Waals surface area contributed by atoms with Gasteiger partial charge in [-0.25, -0.2) is 13.4 Å². The largest absolute Gasteiger partial charge is 0.494 e. The molecule has 1 atom stereocenters. The van der Waals surface area contributed by atoms with Gasteiger partial charge < -0.3 is 4.74 Å². The number of pyridine rings is 1. The molecule has 0 amide bonds. The monoisotopic (exact) mass is 443 g/mol. The SMILES string of the molecule is CCS(=O)(=O)N1N=C(c2cccc(C)c2)CC1c1cc2cccc(OC)c2nc1Cl. The third-order valence-electron chi connectivity index (χ3n) is 5.24. The van der Waals surface area contributed by atoms with E-state index in [2.05, 4.69) is 10.1 Å². The number of rotatable bonds is 5. The Bertz CT molecular complexity index is 1260. The van der Waals surface area contributed by atoms with Gasteiger partial charge in [-0.1, -0.05) is 53.6 Å². The Morgan fingerprint density at radius 1 is 1.20 bits per heavy atom. The van der Waals surface area contributed by atoms with Gasteiger partial charge in [0.15, 0.2) is 0 Å². The Hall–Kier alpha value is -2.64. The van der Waals surface area contributed by atoms with Crippen molar-refractivity contribution in [1.82, 2.24) is 9.40 Å². The van der Waals surface area contributed by atoms with Crippen LogP contribution in [0.25, 0.3) is 10.9 Å². The molecule has 156 valence electrons. The van der Waals surface area contributed by atoms with Crippen LogP contribution in [0.5, 0.6) is 5.75 Å². The first-order chi connectivity index (χ1) is 14.3. The molecule has 0 saturated heterocycles. The molecule has 1 aliphatic rings. The molecule has 0 bridgehead atoms. The summed E-state index contributed by atoms with van der Waals surface area (Å²) in [7, 11) is -2.02. The summed E-state index contributed by atoms with van der Waals surface area (Å²) in [6, 6.07) is 14.8. The number of para-hydroxylation sites is 1. The molecule has 3 aromatic rings. The van der Waals surface area contributed by atoms with E-state index in [0.717, 1.165) is 16.5 Å². The van der Waals surface area contributed by atoms with Crippen LogP contribution in [0.15, 0.2) is 53.6 Å². The number of sulfonamides is 1. The van der Waals surface area contributed by atoms with Crippen molar-refractivity contribution >= 4 is 38.2 Å². The molecule has 1 aliphatic heterocycles. The Kier molecular flexibility index (Phi) is 5.42. The Balaban J connectivity index is 1.84. The normalized spacial score (nSPS) is 16.7. The quantitative estimate of drug-likeness (QED) is 0.535. The van der Waals surface area contributed by atoms with Crippen LogP contribution in [0.4, 0.5) is 0 Å². The lowest BCUT2D eigenvalue weighted by atomic mass is 9.98. The third kappa shape index (κ3) is 3.63. The molecule has 0 aliphatic carbocycles. The van der Waals surface area contributed by atoms with E-state index < -0.39 is 16.1 Å². The molecule has 8 heteroatoms. The van der Waals surface area contributed by atoms with E-state index in [0.29, 0.717) is 29.0 Å². The number of aromatic nitrogens is 1. The second-order valence-electron chi connectivity index (χ2n) is 7.21. The van der Waals surface area contributed by atoms with Gasteiger partial charge >= 0.3 is 0 Å². The zero-order chi connectivity index (χ0) is 21.5. The first kappa shape index (κ1) is 20.6. The van der Waals surface area contributed by atoms with E-state index in [1.165, 1.54) is 4.41 Å². The maximum Gasteiger partial charge on any atom is 0.250 e. The number of methoxy groups -OCH3 is 1. The number of nitrogens with zero attached hydrogens (tertiary/aromatic N) is 3. The summed E-state index contributed by atoms with van der Waals surface area (Å²) in [6.07, 6.45) is 0.416. The molecule has 2 aromatic carbocycles. The van der Waals surface area contributed by atoms with Gasteiger partial charge in [-0.05, 0) is 31.5 Å². The van der Waals surface area contributed by atoms with Crippen molar-refractivity contribution in [2.24, 2.45) is 5.10 Å². The molecule has 0 saturated carbocycles. The fourth-order valence-electron chi connectivity index (χ4n) is 3.67. The van der Waals surface area contributed by atoms with Gasteiger partial charge in [-0.15, -0.1) is 0 Å². The lowest BCUT2D eigenvalue weighted by Crippen LogP contribution is -2.28. The maximum atomic E-state index is 12.8. The molecular weight excluding hydrogens is 422 g/mol. The van der Waals surface area contributed by atoms with Gasteiger partial charge in [-0.2, -0.15) is 9.52 Å². The Morgan fingerprint density at radius 3 is 2.67 bits per heavy atom. The number of halogens is 1. The molecule has 1 unspecified atom stereocenters. The molecule has 30 heavy (non-hydrogen) atoms. The van der Waals surface area contributed by atoms with Crippen LogP contribution in [0.2, 0.25) is 5.15 Å². The zero-order valence-corrected chi connectivity index (χ0v) is 18.5. The standard InChI is InChI=1S/C22H22ClN3O3S/c1-4-30(27,28)26-19(13-18(25-26)15-8-5-7-14(2)11-15)17-12-16-9-6-10-20(29-3)21(16)24-22(17)23/h5-12,19H,4,13H2,1-3H3. The van der Waals surface area contributed by atoms with Crippen LogP contribution < -0.4 is 4.74 Å². The number of fused-ring (bicyclic) bond motifs is 1. The van der Waals surface area contributed by atoms with Gasteiger partial charge in [0, 0.05) is 17.4 Å². The number of hydrogen-bond acceptors (Lipinski definition) is 5. The summed E-state index contributed by atoms with van der Waals surface area (Å²) in [6.45, 7) is 3.60. The lowest BCUT2D eigenvalue weighted by Gasteiger charge is -2.23. The molecule has 4 rings (SSSR count). The van der Waals surface area contributed by atoms with Gasteiger partial charge in [-0.3, -0.25) is 0 Å². The van der Waals surface area contributed by atoms with E-state index in [1.54, 1.807) is 14.0 Å². The second kappa shape index (κ2) is 7.89. The van der Waals surface area contributed by atoms with Crippen LogP contribution in [-0.2, 0) is 10.0 Å². The van der Waals surface area contributed by atoms with Crippen molar-refractivity contribution < 1.29 is 13.2 Å². The van der Waals surface area contributed by atoms with Crippen LogP contribution in [0.3, 0.4) is 0 Å². The van der Waals surface area contributed by atoms with E-state index in [9.17, 15) is 8.42 Å². The first-order valence-electron chi connectivity index (χ1n) is 9.64. The summed E-state index contributed by atoms with van der Waals surface area (Å²) in [4.78, 5) is 4.51. The summed E-state index contributed by atoms with van der Waals surface area (Å²) in [5.74, 6) is 0.558. The number of aryl methyl sites for hydroxylation is 1. The summed E-state index contributed by atoms with van der Waals surface area (Å²) in [5, 5.41) is 5.58. The van der Waals surface area contributed by atoms with Gasteiger partial charge in [0.05, 0.1) is 24.6 Å². The molecule has 0 spiro atoms. The van der Waals surface area contributed by atoms with Crippen LogP contribution in [0.1, 0.15) is 36.1 Å². The highest BCUT2D eigenvalue weighted by Gasteiger charge is 2.37. The molecular formula is C22H22ClN3O3S. The number of hydrogen-bond donors (Lipinski definition) is 0. The fourth-order valence-corrected chi connectivity index (χ4v) is 5.00. The number of ether oxygens (including phenoxy) is 1. The van der Waals surface area contributed by atoms with Crippen molar-refractivity contribution in [3.63, 3.8) is 0 Å². The highest BCUT2D eigenvalue weighted by atomic mass is 35.5. The maximum absolute atomic E-state index is 12.8. The fraction of sp³-hybridized carbons (Fsp3) is 0.273. The minimum Gasteiger partial charge on any atom is -0.494 e. The van der Waals surface area contributed by atoms with Gasteiger partial charge in [0.25, 0.3) is 0 Å². The van der Waals surface area contributed by atoms with Crippen molar-refractivity contribution in [1.29, 1.82) is 0 Å². The van der Waals surface area contributed by atoms with E-state index in [4.69, 9.17) is 16.3 Å². The van der Waals surface area contributed by atoms with E-state index in [1.807, 2.05) is 55.5 Å². The average molecular weight is 444 g/mol. The molecule has 0 fully saturated rings. The Morgan fingerprint density at radius 2 is 1.97 bits per heavy atom. The average Bonchev–Trinajstić information content (AvgIpc) is 3.19. The minimum absolute atomic E-state index is 0.0550. The smallest absolute Gasteiger partial charge is 0.250 e. The highest BCUT2D eigenvalue weighted by molar-refractivity contribution is 7.89. The molecule has 0 radical (unpaired) electrons. The topological polar surface area (TPSA) is 71.9 Å². The third-order valence-corrected chi connectivity index (χ3v) is 7.18. The molecule has 1 aromatic heterocycles. The van der Waals surface area contributed by atoms with Crippen molar-refractivity contribution in [3.05, 3.63) is 70.4 Å². The molecule has 0 N–H and O–H groups in total. The molecule has 2 heterocycles. The predicted octanol–water partition coefficient (Wildman–Crippen LogP) is 4.71. The van der Waals surface area contributed by atoms with Gasteiger partial charge in [0.1, 0.15) is 16.4 Å². The lowest BCUT2D eigenvalue weighted by molar-refractivity contribution is 0.372. The summed E-state index contributed by atoms with van der Waals surface area (Å²) in [5.41, 5.74) is 3.96. The van der Waals surface area contributed by atoms with E-state index in [-0.39, 0.29) is 10.9 Å². The minimum atomic E-state index is -3.59. The van der Waals surface area contributed by atoms with Crippen LogP contribution in [0, 0.1) is 6.92 Å². The highest BCUT2D eigenvalue weighted by Crippen LogP contribution is 2.39. The zero-order valence-electron chi connectivity index (χ0n) is 17.0. The number of benzene rings is 2. The van der Waals surface area contributed by atoms with Crippen LogP contribution in [-0.4, -0.2) is 36.4 Å². The number of hydrazone groups is 1. The second-order valence-corrected chi connectivity index (χ2v) is 9.68. The van der Waals surface area contributed by atoms with Crippen molar-refractivity contribution in [2.75, 3.05) is 12.9 Å². The summed E-state index contributed by atoms with van der Waals surface area (Å²) < 4.78 is 32.3. The van der Waals surface area contributed by atoms with Crippen molar-refractivity contribution in [2.45, 2.75) is 26.3 Å².